The predicted octanol–water partition coefficient (Wildman–Crippen LogP) is 2.28. The molecule has 7 nitrogen and oxygen atoms in total. The third kappa shape index (κ3) is 4.60. The van der Waals surface area contributed by atoms with E-state index in [1.165, 1.54) is 0 Å². The molecule has 0 atom stereocenters. The normalized spacial score (nSPS) is 15.2. The number of nitrogens with one attached hydrogen (secondary N) is 1. The Balaban J connectivity index is 1.51. The van der Waals surface area contributed by atoms with E-state index in [1.54, 1.807) is 0 Å². The summed E-state index contributed by atoms with van der Waals surface area (Å²) in [5, 5.41) is 7.07. The summed E-state index contributed by atoms with van der Waals surface area (Å²) in [6, 6.07) is 7.24. The van der Waals surface area contributed by atoms with Gasteiger partial charge in [0.1, 0.15) is 5.75 Å². The molecular formula is C19H26N4O3. The molecule has 26 heavy (non-hydrogen) atoms. The average molecular weight is 358 g/mol. The van der Waals surface area contributed by atoms with Gasteiger partial charge in [-0.05, 0) is 56.6 Å². The monoisotopic (exact) mass is 358 g/mol. The Labute approximate surface area is 153 Å². The van der Waals surface area contributed by atoms with Gasteiger partial charge in [0.25, 0.3) is 5.91 Å². The molecule has 1 aromatic carbocycles. The Bertz CT molecular complexity index is 706. The highest BCUT2D eigenvalue weighted by Gasteiger charge is 2.23. The van der Waals surface area contributed by atoms with Crippen molar-refractivity contribution in [3.05, 3.63) is 41.5 Å². The second kappa shape index (κ2) is 8.80. The van der Waals surface area contributed by atoms with Gasteiger partial charge in [-0.2, -0.15) is 4.98 Å². The maximum Gasteiger partial charge on any atom is 0.253 e. The summed E-state index contributed by atoms with van der Waals surface area (Å²) in [5.74, 6) is 2.55. The number of nitrogens with zero attached hydrogens (tertiary/aromatic N) is 3. The van der Waals surface area contributed by atoms with E-state index < -0.39 is 0 Å². The summed E-state index contributed by atoms with van der Waals surface area (Å²) in [4.78, 5) is 18.8. The topological polar surface area (TPSA) is 80.5 Å². The summed E-state index contributed by atoms with van der Waals surface area (Å²) in [6.07, 6.45) is 2.81. The van der Waals surface area contributed by atoms with Crippen molar-refractivity contribution in [2.24, 2.45) is 5.92 Å². The zero-order chi connectivity index (χ0) is 18.4. The van der Waals surface area contributed by atoms with Crippen molar-refractivity contribution in [2.75, 3.05) is 26.7 Å². The number of carbonyl (C=O) groups is 1. The minimum atomic E-state index is 0.0882. The summed E-state index contributed by atoms with van der Waals surface area (Å²) in [6.45, 7) is 4.86. The van der Waals surface area contributed by atoms with Crippen LogP contribution in [-0.2, 0) is 13.0 Å². The summed E-state index contributed by atoms with van der Waals surface area (Å²) in [7, 11) is 1.97. The number of carbonyl (C=O) groups excluding carboxylic acids is 1. The molecule has 0 aliphatic carbocycles. The number of aryl methyl sites for hydroxylation is 1. The number of benzene rings is 1. The number of piperidine rings is 1. The van der Waals surface area contributed by atoms with Crippen LogP contribution in [0.25, 0.3) is 0 Å². The maximum absolute atomic E-state index is 12.6. The van der Waals surface area contributed by atoms with Gasteiger partial charge in [0.15, 0.2) is 6.61 Å². The van der Waals surface area contributed by atoms with Gasteiger partial charge < -0.3 is 19.5 Å². The number of hydrogen-bond acceptors (Lipinski definition) is 6. The second-order valence-corrected chi connectivity index (χ2v) is 6.56. The first-order valence-corrected chi connectivity index (χ1v) is 9.17. The highest BCUT2D eigenvalue weighted by atomic mass is 16.5. The zero-order valence-corrected chi connectivity index (χ0v) is 15.4. The third-order valence-electron chi connectivity index (χ3n) is 4.68. The number of rotatable bonds is 7. The summed E-state index contributed by atoms with van der Waals surface area (Å²) in [5.41, 5.74) is 0.692. The standard InChI is InChI=1S/C19H26N4O3/c1-3-18-21-17(22-26-18)13-25-16-6-4-15(5-7-16)19(24)23-10-8-14(9-11-23)12-20-2/h4-7,14,20H,3,8-13H2,1-2H3. The number of likely N-dealkylation sites (tertiary alicyclic amines) is 1. The first-order chi connectivity index (χ1) is 12.7. The molecular weight excluding hydrogens is 332 g/mol. The van der Waals surface area contributed by atoms with E-state index in [9.17, 15) is 4.79 Å². The summed E-state index contributed by atoms with van der Waals surface area (Å²) >= 11 is 0. The molecule has 0 bridgehead atoms. The van der Waals surface area contributed by atoms with Gasteiger partial charge in [-0.3, -0.25) is 4.79 Å². The van der Waals surface area contributed by atoms with E-state index in [1.807, 2.05) is 43.1 Å². The minimum absolute atomic E-state index is 0.0882. The van der Waals surface area contributed by atoms with Crippen LogP contribution in [0.3, 0.4) is 0 Å². The van der Waals surface area contributed by atoms with Gasteiger partial charge in [0.2, 0.25) is 11.7 Å². The lowest BCUT2D eigenvalue weighted by atomic mass is 9.96. The number of amides is 1. The number of ether oxygens (including phenoxy) is 1. The van der Waals surface area contributed by atoms with Crippen LogP contribution < -0.4 is 10.1 Å². The van der Waals surface area contributed by atoms with Crippen molar-refractivity contribution >= 4 is 5.91 Å². The van der Waals surface area contributed by atoms with E-state index in [4.69, 9.17) is 9.26 Å². The molecule has 2 heterocycles. The smallest absolute Gasteiger partial charge is 0.253 e. The molecule has 0 radical (unpaired) electrons. The Morgan fingerprint density at radius 2 is 2.04 bits per heavy atom. The SMILES string of the molecule is CCc1nc(COc2ccc(C(=O)N3CCC(CNC)CC3)cc2)no1. The Morgan fingerprint density at radius 3 is 2.65 bits per heavy atom. The second-order valence-electron chi connectivity index (χ2n) is 6.56. The van der Waals surface area contributed by atoms with Crippen molar-refractivity contribution < 1.29 is 14.1 Å². The fourth-order valence-electron chi connectivity index (χ4n) is 3.15. The average Bonchev–Trinajstić information content (AvgIpc) is 3.15. The van der Waals surface area contributed by atoms with Gasteiger partial charge in [0.05, 0.1) is 0 Å². The Kier molecular flexibility index (Phi) is 6.22. The molecule has 2 aromatic rings. The lowest BCUT2D eigenvalue weighted by Gasteiger charge is -2.32. The summed E-state index contributed by atoms with van der Waals surface area (Å²) < 4.78 is 10.7. The lowest BCUT2D eigenvalue weighted by Crippen LogP contribution is -2.40. The molecule has 140 valence electrons. The molecule has 0 spiro atoms. The molecule has 7 heteroatoms. The molecule has 3 rings (SSSR count). The molecule has 1 aliphatic heterocycles. The van der Waals surface area contributed by atoms with Crippen LogP contribution in [0.4, 0.5) is 0 Å². The van der Waals surface area contributed by atoms with Crippen molar-refractivity contribution in [3.63, 3.8) is 0 Å². The van der Waals surface area contributed by atoms with Gasteiger partial charge in [-0.15, -0.1) is 0 Å². The fourth-order valence-corrected chi connectivity index (χ4v) is 3.15. The van der Waals surface area contributed by atoms with Crippen LogP contribution in [-0.4, -0.2) is 47.6 Å². The zero-order valence-electron chi connectivity index (χ0n) is 15.4. The number of aromatic nitrogens is 2. The van der Waals surface area contributed by atoms with Crippen molar-refractivity contribution in [1.82, 2.24) is 20.4 Å². The molecule has 1 aliphatic rings. The minimum Gasteiger partial charge on any atom is -0.485 e. The van der Waals surface area contributed by atoms with Crippen LogP contribution in [0.2, 0.25) is 0 Å². The highest BCUT2D eigenvalue weighted by molar-refractivity contribution is 5.94. The van der Waals surface area contributed by atoms with Crippen LogP contribution in [0, 0.1) is 5.92 Å². The van der Waals surface area contributed by atoms with Gasteiger partial charge in [-0.1, -0.05) is 12.1 Å². The fraction of sp³-hybridized carbons (Fsp3) is 0.526. The first kappa shape index (κ1) is 18.4. The molecule has 0 saturated carbocycles. The third-order valence-corrected chi connectivity index (χ3v) is 4.68. The van der Waals surface area contributed by atoms with Crippen molar-refractivity contribution in [3.8, 4) is 5.75 Å². The van der Waals surface area contributed by atoms with Crippen LogP contribution in [0.5, 0.6) is 5.75 Å². The van der Waals surface area contributed by atoms with E-state index >= 15 is 0 Å². The van der Waals surface area contributed by atoms with E-state index in [0.29, 0.717) is 35.4 Å². The molecule has 1 aromatic heterocycles. The van der Waals surface area contributed by atoms with Gasteiger partial charge in [-0.25, -0.2) is 0 Å². The molecule has 1 saturated heterocycles. The molecule has 1 fully saturated rings. The maximum atomic E-state index is 12.6. The van der Waals surface area contributed by atoms with Crippen LogP contribution in [0.15, 0.2) is 28.8 Å². The molecule has 0 unspecified atom stereocenters. The van der Waals surface area contributed by atoms with Crippen LogP contribution in [0.1, 0.15) is 41.8 Å². The van der Waals surface area contributed by atoms with Crippen molar-refractivity contribution in [2.45, 2.75) is 32.8 Å². The first-order valence-electron chi connectivity index (χ1n) is 9.17. The largest absolute Gasteiger partial charge is 0.485 e. The predicted molar refractivity (Wildman–Crippen MR) is 97.0 cm³/mol. The van der Waals surface area contributed by atoms with Gasteiger partial charge >= 0.3 is 0 Å². The van der Waals surface area contributed by atoms with E-state index in [2.05, 4.69) is 15.5 Å². The number of hydrogen-bond donors (Lipinski definition) is 1. The van der Waals surface area contributed by atoms with E-state index in [0.717, 1.165) is 32.5 Å². The highest BCUT2D eigenvalue weighted by Crippen LogP contribution is 2.20. The van der Waals surface area contributed by atoms with Crippen LogP contribution >= 0.6 is 0 Å². The van der Waals surface area contributed by atoms with E-state index in [-0.39, 0.29) is 12.5 Å². The molecule has 1 N–H and O–H groups in total. The lowest BCUT2D eigenvalue weighted by molar-refractivity contribution is 0.0691. The molecule has 1 amide bonds. The van der Waals surface area contributed by atoms with Gasteiger partial charge in [0, 0.05) is 25.1 Å². The Hall–Kier alpha value is -2.41. The Morgan fingerprint density at radius 1 is 1.31 bits per heavy atom. The van der Waals surface area contributed by atoms with Crippen molar-refractivity contribution in [1.29, 1.82) is 0 Å². The quantitative estimate of drug-likeness (QED) is 0.818.